The van der Waals surface area contributed by atoms with Crippen LogP contribution in [0.15, 0.2) is 23.2 Å². The van der Waals surface area contributed by atoms with Gasteiger partial charge >= 0.3 is 0 Å². The Morgan fingerprint density at radius 1 is 1.32 bits per heavy atom. The fourth-order valence-electron chi connectivity index (χ4n) is 2.20. The van der Waals surface area contributed by atoms with E-state index in [9.17, 15) is 8.78 Å². The molecule has 1 aliphatic rings. The molecule has 0 unspecified atom stereocenters. The number of nitrogens with zero attached hydrogens (tertiary/aromatic N) is 1. The van der Waals surface area contributed by atoms with E-state index in [0.29, 0.717) is 12.5 Å². The second-order valence-electron chi connectivity index (χ2n) is 4.55. The minimum absolute atomic E-state index is 0. The molecule has 6 heteroatoms. The Labute approximate surface area is 128 Å². The molecule has 2 rings (SSSR count). The van der Waals surface area contributed by atoms with E-state index < -0.39 is 17.0 Å². The van der Waals surface area contributed by atoms with Gasteiger partial charge in [-0.3, -0.25) is 4.99 Å². The molecule has 1 fully saturated rings. The zero-order valence-corrected chi connectivity index (χ0v) is 13.3. The Bertz CT molecular complexity index is 453. The highest BCUT2D eigenvalue weighted by Crippen LogP contribution is 2.49. The van der Waals surface area contributed by atoms with Crippen molar-refractivity contribution in [3.05, 3.63) is 35.4 Å². The summed E-state index contributed by atoms with van der Waals surface area (Å²) in [6.45, 7) is 0.484. The van der Waals surface area contributed by atoms with Gasteiger partial charge in [0.2, 0.25) is 0 Å². The maximum Gasteiger partial charge on any atom is 0.190 e. The number of hydrogen-bond acceptors (Lipinski definition) is 1. The molecule has 106 valence electrons. The molecule has 3 nitrogen and oxygen atoms in total. The van der Waals surface area contributed by atoms with Crippen molar-refractivity contribution in [2.24, 2.45) is 4.99 Å². The zero-order valence-electron chi connectivity index (χ0n) is 11.0. The van der Waals surface area contributed by atoms with Crippen molar-refractivity contribution < 1.29 is 8.78 Å². The van der Waals surface area contributed by atoms with Gasteiger partial charge in [-0.05, 0) is 25.0 Å². The third kappa shape index (κ3) is 3.34. The largest absolute Gasteiger partial charge is 0.359 e. The molecule has 0 aliphatic heterocycles. The van der Waals surface area contributed by atoms with Crippen LogP contribution in [-0.2, 0) is 5.41 Å². The summed E-state index contributed by atoms with van der Waals surface area (Å²) >= 11 is 0. The van der Waals surface area contributed by atoms with Gasteiger partial charge in [0.05, 0.1) is 0 Å². The molecule has 0 radical (unpaired) electrons. The van der Waals surface area contributed by atoms with Crippen LogP contribution in [0.1, 0.15) is 18.4 Å². The van der Waals surface area contributed by atoms with Crippen LogP contribution in [0.4, 0.5) is 8.78 Å². The van der Waals surface area contributed by atoms with E-state index in [4.69, 9.17) is 0 Å². The average Bonchev–Trinajstić information content (AvgIpc) is 3.11. The number of guanidine groups is 1. The molecular weight excluding hydrogens is 363 g/mol. The molecular formula is C13H18F2IN3. The van der Waals surface area contributed by atoms with Crippen molar-refractivity contribution >= 4 is 29.9 Å². The summed E-state index contributed by atoms with van der Waals surface area (Å²) in [4.78, 5) is 3.98. The summed E-state index contributed by atoms with van der Waals surface area (Å²) in [6.07, 6.45) is 1.58. The molecule has 0 spiro atoms. The molecule has 0 amide bonds. The van der Waals surface area contributed by atoms with Gasteiger partial charge in [-0.1, -0.05) is 6.07 Å². The first-order valence-electron chi connectivity index (χ1n) is 5.96. The minimum atomic E-state index is -0.464. The van der Waals surface area contributed by atoms with E-state index in [1.54, 1.807) is 14.1 Å². The molecule has 0 aromatic heterocycles. The Hall–Kier alpha value is -0.920. The smallest absolute Gasteiger partial charge is 0.190 e. The minimum Gasteiger partial charge on any atom is -0.359 e. The van der Waals surface area contributed by atoms with Gasteiger partial charge < -0.3 is 10.6 Å². The average molecular weight is 381 g/mol. The van der Waals surface area contributed by atoms with Gasteiger partial charge in [-0.15, -0.1) is 24.0 Å². The van der Waals surface area contributed by atoms with Crippen molar-refractivity contribution in [1.82, 2.24) is 10.6 Å². The maximum atomic E-state index is 13.8. The van der Waals surface area contributed by atoms with Crippen molar-refractivity contribution in [2.75, 3.05) is 20.6 Å². The monoisotopic (exact) mass is 381 g/mol. The topological polar surface area (TPSA) is 36.4 Å². The van der Waals surface area contributed by atoms with Crippen molar-refractivity contribution in [3.8, 4) is 0 Å². The van der Waals surface area contributed by atoms with Crippen molar-refractivity contribution in [1.29, 1.82) is 0 Å². The summed E-state index contributed by atoms with van der Waals surface area (Å²) in [5.74, 6) is -0.305. The van der Waals surface area contributed by atoms with E-state index in [1.807, 2.05) is 0 Å². The lowest BCUT2D eigenvalue weighted by molar-refractivity contribution is 0.508. The van der Waals surface area contributed by atoms with Gasteiger partial charge in [0.1, 0.15) is 11.6 Å². The Balaban J connectivity index is 0.00000180. The number of benzene rings is 1. The second kappa shape index (κ2) is 6.49. The fraction of sp³-hybridized carbons (Fsp3) is 0.462. The molecule has 0 heterocycles. The van der Waals surface area contributed by atoms with Gasteiger partial charge in [0.25, 0.3) is 0 Å². The fourth-order valence-corrected chi connectivity index (χ4v) is 2.20. The predicted octanol–water partition coefficient (Wildman–Crippen LogP) is 2.41. The molecule has 1 aromatic rings. The molecule has 0 atom stereocenters. The highest BCUT2D eigenvalue weighted by molar-refractivity contribution is 14.0. The van der Waals surface area contributed by atoms with Crippen LogP contribution in [-0.4, -0.2) is 26.6 Å². The van der Waals surface area contributed by atoms with Crippen LogP contribution >= 0.6 is 24.0 Å². The molecule has 19 heavy (non-hydrogen) atoms. The second-order valence-corrected chi connectivity index (χ2v) is 4.55. The van der Waals surface area contributed by atoms with Crippen LogP contribution in [0.5, 0.6) is 0 Å². The predicted molar refractivity (Wildman–Crippen MR) is 83.1 cm³/mol. The van der Waals surface area contributed by atoms with E-state index >= 15 is 0 Å². The zero-order chi connectivity index (χ0) is 13.2. The number of nitrogens with one attached hydrogen (secondary N) is 2. The lowest BCUT2D eigenvalue weighted by Gasteiger charge is -2.19. The SMILES string of the molecule is CN=C(NC)NCC1(c2c(F)cccc2F)CC1.I. The maximum absolute atomic E-state index is 13.8. The highest BCUT2D eigenvalue weighted by Gasteiger charge is 2.47. The van der Waals surface area contributed by atoms with Crippen LogP contribution in [0, 0.1) is 11.6 Å². The Morgan fingerprint density at radius 2 is 1.89 bits per heavy atom. The molecule has 0 saturated heterocycles. The quantitative estimate of drug-likeness (QED) is 0.480. The van der Waals surface area contributed by atoms with Crippen molar-refractivity contribution in [3.63, 3.8) is 0 Å². The molecule has 1 aliphatic carbocycles. The Morgan fingerprint density at radius 3 is 2.32 bits per heavy atom. The van der Waals surface area contributed by atoms with Gasteiger partial charge in [-0.2, -0.15) is 0 Å². The third-order valence-electron chi connectivity index (χ3n) is 3.40. The van der Waals surface area contributed by atoms with Crippen LogP contribution in [0.3, 0.4) is 0 Å². The van der Waals surface area contributed by atoms with Crippen LogP contribution < -0.4 is 10.6 Å². The lowest BCUT2D eigenvalue weighted by atomic mass is 9.94. The van der Waals surface area contributed by atoms with Crippen LogP contribution in [0.25, 0.3) is 0 Å². The number of aliphatic imine (C=N–C) groups is 1. The summed E-state index contributed by atoms with van der Waals surface area (Å²) in [5.41, 5.74) is -0.230. The normalized spacial score (nSPS) is 16.5. The summed E-state index contributed by atoms with van der Waals surface area (Å²) in [5, 5.41) is 5.96. The summed E-state index contributed by atoms with van der Waals surface area (Å²) in [6, 6.07) is 4.01. The lowest BCUT2D eigenvalue weighted by Crippen LogP contribution is -2.39. The number of halogens is 3. The van der Waals surface area contributed by atoms with Gasteiger partial charge in [-0.25, -0.2) is 8.78 Å². The molecule has 1 aromatic carbocycles. The third-order valence-corrected chi connectivity index (χ3v) is 3.40. The van der Waals surface area contributed by atoms with Crippen molar-refractivity contribution in [2.45, 2.75) is 18.3 Å². The van der Waals surface area contributed by atoms with Gasteiger partial charge in [0, 0.05) is 31.6 Å². The van der Waals surface area contributed by atoms with Crippen LogP contribution in [0.2, 0.25) is 0 Å². The number of hydrogen-bond donors (Lipinski definition) is 2. The Kier molecular flexibility index (Phi) is 5.51. The highest BCUT2D eigenvalue weighted by atomic mass is 127. The summed E-state index contributed by atoms with van der Waals surface area (Å²) in [7, 11) is 3.40. The number of rotatable bonds is 3. The van der Waals surface area contributed by atoms with E-state index in [2.05, 4.69) is 15.6 Å². The first-order valence-corrected chi connectivity index (χ1v) is 5.96. The molecule has 2 N–H and O–H groups in total. The first-order chi connectivity index (χ1) is 8.63. The standard InChI is InChI=1S/C13H17F2N3.HI/c1-16-12(17-2)18-8-13(6-7-13)11-9(14)4-3-5-10(11)15;/h3-5H,6-8H2,1-2H3,(H2,16,17,18);1H. The van der Waals surface area contributed by atoms with E-state index in [-0.39, 0.29) is 29.5 Å². The summed E-state index contributed by atoms with van der Waals surface area (Å²) < 4.78 is 27.5. The van der Waals surface area contributed by atoms with E-state index in [0.717, 1.165) is 12.8 Å². The molecule has 0 bridgehead atoms. The first kappa shape index (κ1) is 16.1. The van der Waals surface area contributed by atoms with E-state index in [1.165, 1.54) is 18.2 Å². The molecule has 1 saturated carbocycles. The van der Waals surface area contributed by atoms with Gasteiger partial charge in [0.15, 0.2) is 5.96 Å².